The average molecular weight is 348 g/mol. The molecule has 6 nitrogen and oxygen atoms in total. The Morgan fingerprint density at radius 2 is 0.615 bits per heavy atom. The number of rotatable bonds is 2. The molecule has 0 aliphatic rings. The van der Waals surface area contributed by atoms with Gasteiger partial charge in [-0.05, 0) is 77.6 Å². The van der Waals surface area contributed by atoms with Gasteiger partial charge in [-0.1, -0.05) is 0 Å². The van der Waals surface area contributed by atoms with E-state index < -0.39 is 0 Å². The maximum absolute atomic E-state index is 4.56. The van der Waals surface area contributed by atoms with Crippen molar-refractivity contribution in [2.24, 2.45) is 0 Å². The molecule has 0 aliphatic heterocycles. The van der Waals surface area contributed by atoms with Gasteiger partial charge in [-0.25, -0.2) is 0 Å². The van der Waals surface area contributed by atoms with Crippen molar-refractivity contribution >= 4 is 0 Å². The summed E-state index contributed by atoms with van der Waals surface area (Å²) < 4.78 is 0. The van der Waals surface area contributed by atoms with Crippen LogP contribution in [0.25, 0.3) is 22.8 Å². The second-order valence-corrected chi connectivity index (χ2v) is 6.86. The van der Waals surface area contributed by atoms with Gasteiger partial charge in [-0.2, -0.15) is 0 Å². The second kappa shape index (κ2) is 6.52. The smallest absolute Gasteiger partial charge is 0.204 e. The quantitative estimate of drug-likeness (QED) is 0.700. The van der Waals surface area contributed by atoms with Crippen LogP contribution in [0.15, 0.2) is 0 Å². The number of hydrogen-bond acceptors (Lipinski definition) is 6. The van der Waals surface area contributed by atoms with Gasteiger partial charge < -0.3 is 0 Å². The normalized spacial score (nSPS) is 11.1. The molecule has 3 aromatic heterocycles. The first-order valence-corrected chi connectivity index (χ1v) is 8.69. The van der Waals surface area contributed by atoms with E-state index in [2.05, 4.69) is 30.4 Å². The van der Waals surface area contributed by atoms with Gasteiger partial charge in [0.25, 0.3) is 0 Å². The van der Waals surface area contributed by atoms with Gasteiger partial charge in [0.05, 0.1) is 0 Å². The minimum Gasteiger partial charge on any atom is -0.258 e. The molecule has 0 bridgehead atoms. The highest BCUT2D eigenvalue weighted by molar-refractivity contribution is 5.68. The van der Waals surface area contributed by atoms with Crippen LogP contribution < -0.4 is 0 Å². The van der Waals surface area contributed by atoms with E-state index in [1.165, 1.54) is 0 Å². The van der Waals surface area contributed by atoms with Gasteiger partial charge in [0, 0.05) is 33.9 Å². The Balaban J connectivity index is 2.16. The lowest BCUT2D eigenvalue weighted by atomic mass is 10.00. The fourth-order valence-electron chi connectivity index (χ4n) is 3.22. The fraction of sp³-hybridized carbons (Fsp3) is 0.400. The van der Waals surface area contributed by atoms with Gasteiger partial charge in [-0.15, -0.1) is 20.4 Å². The van der Waals surface area contributed by atoms with Crippen LogP contribution in [-0.2, 0) is 0 Å². The maximum Gasteiger partial charge on any atom is 0.204 e. The summed E-state index contributed by atoms with van der Waals surface area (Å²) in [5.74, 6) is 1.07. The lowest BCUT2D eigenvalue weighted by Crippen LogP contribution is -2.07. The molecule has 6 heteroatoms. The summed E-state index contributed by atoms with van der Waals surface area (Å²) in [5, 5.41) is 17.6. The van der Waals surface area contributed by atoms with Crippen LogP contribution in [0.1, 0.15) is 45.0 Å². The SMILES string of the molecule is Cc1nc(C)c(C)c(-c2nnc(-c3c(C)c(C)nc(C)c3C)nn2)c1C. The molecule has 0 aliphatic carbocycles. The summed E-state index contributed by atoms with van der Waals surface area (Å²) in [4.78, 5) is 9.13. The largest absolute Gasteiger partial charge is 0.258 e. The third-order valence-electron chi connectivity index (χ3n) is 5.27. The molecule has 0 saturated carbocycles. The van der Waals surface area contributed by atoms with Gasteiger partial charge in [0.1, 0.15) is 0 Å². The molecule has 0 aromatic carbocycles. The van der Waals surface area contributed by atoms with E-state index in [4.69, 9.17) is 0 Å². The van der Waals surface area contributed by atoms with E-state index in [1.807, 2.05) is 55.4 Å². The van der Waals surface area contributed by atoms with Crippen molar-refractivity contribution in [3.63, 3.8) is 0 Å². The Morgan fingerprint density at radius 3 is 0.846 bits per heavy atom. The Labute approximate surface area is 154 Å². The minimum absolute atomic E-state index is 0.537. The van der Waals surface area contributed by atoms with Crippen LogP contribution in [0, 0.1) is 55.4 Å². The predicted octanol–water partition coefficient (Wildman–Crippen LogP) is 3.86. The average Bonchev–Trinajstić information content (AvgIpc) is 2.60. The highest BCUT2D eigenvalue weighted by atomic mass is 15.3. The van der Waals surface area contributed by atoms with Crippen LogP contribution in [0.2, 0.25) is 0 Å². The first kappa shape index (κ1) is 18.0. The van der Waals surface area contributed by atoms with Crippen LogP contribution in [0.4, 0.5) is 0 Å². The van der Waals surface area contributed by atoms with Crippen molar-refractivity contribution in [3.8, 4) is 22.8 Å². The van der Waals surface area contributed by atoms with Gasteiger partial charge in [0.15, 0.2) is 0 Å². The number of aryl methyl sites for hydroxylation is 4. The highest BCUT2D eigenvalue weighted by Gasteiger charge is 2.18. The second-order valence-electron chi connectivity index (χ2n) is 6.86. The summed E-state index contributed by atoms with van der Waals surface area (Å²) in [6.07, 6.45) is 0. The molecule has 0 fully saturated rings. The monoisotopic (exact) mass is 348 g/mol. The molecule has 3 aromatic rings. The summed E-state index contributed by atoms with van der Waals surface area (Å²) in [7, 11) is 0. The molecular weight excluding hydrogens is 324 g/mol. The van der Waals surface area contributed by atoms with Crippen molar-refractivity contribution < 1.29 is 0 Å². The van der Waals surface area contributed by atoms with Crippen LogP contribution >= 0.6 is 0 Å². The van der Waals surface area contributed by atoms with Crippen molar-refractivity contribution in [3.05, 3.63) is 45.0 Å². The fourth-order valence-corrected chi connectivity index (χ4v) is 3.22. The van der Waals surface area contributed by atoms with Gasteiger partial charge in [0.2, 0.25) is 11.6 Å². The minimum atomic E-state index is 0.537. The highest BCUT2D eigenvalue weighted by Crippen LogP contribution is 2.29. The first-order chi connectivity index (χ1) is 12.2. The topological polar surface area (TPSA) is 77.3 Å². The summed E-state index contributed by atoms with van der Waals surface area (Å²) in [5.41, 5.74) is 10.1. The Kier molecular flexibility index (Phi) is 4.52. The lowest BCUT2D eigenvalue weighted by molar-refractivity contribution is 0.865. The summed E-state index contributed by atoms with van der Waals surface area (Å²) in [6.45, 7) is 16.1. The summed E-state index contributed by atoms with van der Waals surface area (Å²) in [6, 6.07) is 0. The van der Waals surface area contributed by atoms with Crippen molar-refractivity contribution in [2.45, 2.75) is 55.4 Å². The maximum atomic E-state index is 4.56. The third kappa shape index (κ3) is 2.85. The molecule has 0 N–H and O–H groups in total. The molecule has 0 spiro atoms. The van der Waals surface area contributed by atoms with E-state index >= 15 is 0 Å². The van der Waals surface area contributed by atoms with Crippen molar-refractivity contribution in [2.75, 3.05) is 0 Å². The molecule has 0 atom stereocenters. The zero-order valence-electron chi connectivity index (χ0n) is 16.7. The van der Waals surface area contributed by atoms with E-state index in [-0.39, 0.29) is 0 Å². The molecule has 134 valence electrons. The molecular formula is C20H24N6. The molecule has 26 heavy (non-hydrogen) atoms. The molecule has 3 heterocycles. The zero-order valence-corrected chi connectivity index (χ0v) is 16.7. The molecule has 3 rings (SSSR count). The lowest BCUT2D eigenvalue weighted by Gasteiger charge is -2.14. The molecule has 0 unspecified atom stereocenters. The van der Waals surface area contributed by atoms with E-state index in [0.717, 1.165) is 56.2 Å². The van der Waals surface area contributed by atoms with Crippen LogP contribution in [0.3, 0.4) is 0 Å². The van der Waals surface area contributed by atoms with Gasteiger partial charge >= 0.3 is 0 Å². The number of aromatic nitrogens is 6. The van der Waals surface area contributed by atoms with E-state index in [9.17, 15) is 0 Å². The van der Waals surface area contributed by atoms with Gasteiger partial charge in [-0.3, -0.25) is 9.97 Å². The number of pyridine rings is 2. The van der Waals surface area contributed by atoms with Crippen LogP contribution in [-0.4, -0.2) is 30.4 Å². The Bertz CT molecular complexity index is 871. The van der Waals surface area contributed by atoms with Crippen LogP contribution in [0.5, 0.6) is 0 Å². The molecule has 0 saturated heterocycles. The zero-order chi connectivity index (χ0) is 19.2. The van der Waals surface area contributed by atoms with Crippen molar-refractivity contribution in [1.82, 2.24) is 30.4 Å². The Hall–Kier alpha value is -2.76. The third-order valence-corrected chi connectivity index (χ3v) is 5.27. The number of hydrogen-bond donors (Lipinski definition) is 0. The summed E-state index contributed by atoms with van der Waals surface area (Å²) >= 11 is 0. The standard InChI is InChI=1S/C20H24N6/c1-9-13(5)21-14(6)10(2)17(9)19-23-25-20(26-24-19)18-11(3)15(7)22-16(8)12(18)4/h1-8H3. The Morgan fingerprint density at radius 1 is 0.385 bits per heavy atom. The first-order valence-electron chi connectivity index (χ1n) is 8.69. The predicted molar refractivity (Wildman–Crippen MR) is 102 cm³/mol. The van der Waals surface area contributed by atoms with Crippen molar-refractivity contribution in [1.29, 1.82) is 0 Å². The van der Waals surface area contributed by atoms with E-state index in [1.54, 1.807) is 0 Å². The number of nitrogens with zero attached hydrogens (tertiary/aromatic N) is 6. The van der Waals surface area contributed by atoms with E-state index in [0.29, 0.717) is 11.6 Å². The molecule has 0 amide bonds. The molecule has 0 radical (unpaired) electrons.